The smallest absolute Gasteiger partial charge is 0.220 e. The van der Waals surface area contributed by atoms with Crippen molar-refractivity contribution in [1.82, 2.24) is 5.32 Å². The van der Waals surface area contributed by atoms with Gasteiger partial charge in [0.2, 0.25) is 5.91 Å². The molecule has 4 heteroatoms. The van der Waals surface area contributed by atoms with Gasteiger partial charge in [0.15, 0.2) is 0 Å². The van der Waals surface area contributed by atoms with Crippen LogP contribution in [-0.2, 0) is 4.79 Å². The molecule has 0 saturated heterocycles. The lowest BCUT2D eigenvalue weighted by atomic mass is 10.1. The maximum Gasteiger partial charge on any atom is 0.220 e. The van der Waals surface area contributed by atoms with Gasteiger partial charge in [-0.3, -0.25) is 4.79 Å². The number of para-hydroxylation sites is 1. The van der Waals surface area contributed by atoms with Gasteiger partial charge in [-0.2, -0.15) is 0 Å². The standard InChI is InChI=1S/C16H22N2O2/c1-11(17)6-5-9-16(19)18-12(2)15-10-13-7-3-4-8-14(13)20-15/h3-4,7-8,10-12H,5-6,9,17H2,1-2H3,(H,18,19). The molecule has 0 fully saturated rings. The first-order chi connectivity index (χ1) is 9.56. The molecule has 1 aromatic heterocycles. The molecular weight excluding hydrogens is 252 g/mol. The summed E-state index contributed by atoms with van der Waals surface area (Å²) in [4.78, 5) is 11.8. The summed E-state index contributed by atoms with van der Waals surface area (Å²) >= 11 is 0. The van der Waals surface area contributed by atoms with Crippen LogP contribution in [0.25, 0.3) is 11.0 Å². The highest BCUT2D eigenvalue weighted by Gasteiger charge is 2.13. The number of amides is 1. The van der Waals surface area contributed by atoms with Crippen LogP contribution in [0.2, 0.25) is 0 Å². The second kappa shape index (κ2) is 6.57. The van der Waals surface area contributed by atoms with Crippen molar-refractivity contribution in [2.24, 2.45) is 5.73 Å². The monoisotopic (exact) mass is 274 g/mol. The molecule has 0 radical (unpaired) electrons. The number of carbonyl (C=O) groups is 1. The van der Waals surface area contributed by atoms with E-state index in [9.17, 15) is 4.79 Å². The van der Waals surface area contributed by atoms with Gasteiger partial charge in [-0.15, -0.1) is 0 Å². The van der Waals surface area contributed by atoms with Crippen LogP contribution in [0.1, 0.15) is 44.9 Å². The van der Waals surface area contributed by atoms with Crippen molar-refractivity contribution >= 4 is 16.9 Å². The van der Waals surface area contributed by atoms with Crippen LogP contribution >= 0.6 is 0 Å². The van der Waals surface area contributed by atoms with Gasteiger partial charge in [0.1, 0.15) is 11.3 Å². The van der Waals surface area contributed by atoms with Crippen molar-refractivity contribution in [3.05, 3.63) is 36.1 Å². The Kier molecular flexibility index (Phi) is 4.79. The minimum Gasteiger partial charge on any atom is -0.459 e. The number of benzene rings is 1. The first-order valence-corrected chi connectivity index (χ1v) is 7.09. The zero-order chi connectivity index (χ0) is 14.5. The number of hydrogen-bond donors (Lipinski definition) is 2. The molecule has 0 saturated carbocycles. The number of rotatable bonds is 6. The predicted octanol–water partition coefficient (Wildman–Crippen LogP) is 3.13. The van der Waals surface area contributed by atoms with E-state index in [1.807, 2.05) is 44.2 Å². The van der Waals surface area contributed by atoms with Crippen molar-refractivity contribution in [3.63, 3.8) is 0 Å². The fourth-order valence-corrected chi connectivity index (χ4v) is 2.19. The molecule has 2 unspecified atom stereocenters. The third kappa shape index (κ3) is 3.84. The van der Waals surface area contributed by atoms with Crippen LogP contribution in [0.5, 0.6) is 0 Å². The normalized spacial score (nSPS) is 14.2. The van der Waals surface area contributed by atoms with E-state index in [2.05, 4.69) is 5.32 Å². The molecule has 2 atom stereocenters. The Bertz CT molecular complexity index is 542. The van der Waals surface area contributed by atoms with Crippen LogP contribution in [-0.4, -0.2) is 11.9 Å². The van der Waals surface area contributed by atoms with E-state index in [1.165, 1.54) is 0 Å². The van der Waals surface area contributed by atoms with Crippen LogP contribution < -0.4 is 11.1 Å². The molecule has 108 valence electrons. The largest absolute Gasteiger partial charge is 0.459 e. The first-order valence-electron chi connectivity index (χ1n) is 7.09. The van der Waals surface area contributed by atoms with Crippen molar-refractivity contribution < 1.29 is 9.21 Å². The highest BCUT2D eigenvalue weighted by molar-refractivity contribution is 5.79. The third-order valence-corrected chi connectivity index (χ3v) is 3.31. The predicted molar refractivity (Wildman–Crippen MR) is 80.3 cm³/mol. The van der Waals surface area contributed by atoms with E-state index >= 15 is 0 Å². The summed E-state index contributed by atoms with van der Waals surface area (Å²) in [5, 5.41) is 4.01. The zero-order valence-electron chi connectivity index (χ0n) is 12.1. The SMILES string of the molecule is CC(N)CCCC(=O)NC(C)c1cc2ccccc2o1. The molecule has 4 nitrogen and oxygen atoms in total. The number of fused-ring (bicyclic) bond motifs is 1. The number of hydrogen-bond acceptors (Lipinski definition) is 3. The van der Waals surface area contributed by atoms with Crippen molar-refractivity contribution in [1.29, 1.82) is 0 Å². The number of nitrogens with one attached hydrogen (secondary N) is 1. The Labute approximate surface area is 119 Å². The van der Waals surface area contributed by atoms with Gasteiger partial charge in [-0.1, -0.05) is 18.2 Å². The lowest BCUT2D eigenvalue weighted by molar-refractivity contribution is -0.122. The van der Waals surface area contributed by atoms with Crippen LogP contribution in [0.3, 0.4) is 0 Å². The second-order valence-corrected chi connectivity index (χ2v) is 5.35. The average Bonchev–Trinajstić information content (AvgIpc) is 2.82. The van der Waals surface area contributed by atoms with Gasteiger partial charge in [0, 0.05) is 17.8 Å². The van der Waals surface area contributed by atoms with Crippen LogP contribution in [0.15, 0.2) is 34.7 Å². The van der Waals surface area contributed by atoms with E-state index in [1.54, 1.807) is 0 Å². The summed E-state index contributed by atoms with van der Waals surface area (Å²) in [7, 11) is 0. The van der Waals surface area contributed by atoms with E-state index < -0.39 is 0 Å². The number of carbonyl (C=O) groups excluding carboxylic acids is 1. The van der Waals surface area contributed by atoms with Crippen molar-refractivity contribution in [2.45, 2.75) is 45.2 Å². The summed E-state index contributed by atoms with van der Waals surface area (Å²) in [5.41, 5.74) is 6.52. The quantitative estimate of drug-likeness (QED) is 0.850. The maximum absolute atomic E-state index is 11.8. The minimum absolute atomic E-state index is 0.0404. The van der Waals surface area contributed by atoms with Gasteiger partial charge in [-0.05, 0) is 38.8 Å². The van der Waals surface area contributed by atoms with Gasteiger partial charge < -0.3 is 15.5 Å². The molecule has 0 aliphatic carbocycles. The maximum atomic E-state index is 11.8. The van der Waals surface area contributed by atoms with E-state index in [0.29, 0.717) is 6.42 Å². The van der Waals surface area contributed by atoms with Crippen molar-refractivity contribution in [3.8, 4) is 0 Å². The number of furan rings is 1. The molecule has 1 amide bonds. The topological polar surface area (TPSA) is 68.3 Å². The summed E-state index contributed by atoms with van der Waals surface area (Å²) in [6.45, 7) is 3.89. The molecular formula is C16H22N2O2. The molecule has 0 spiro atoms. The Hall–Kier alpha value is -1.81. The lowest BCUT2D eigenvalue weighted by Crippen LogP contribution is -2.26. The van der Waals surface area contributed by atoms with E-state index in [-0.39, 0.29) is 18.0 Å². The summed E-state index contributed by atoms with van der Waals surface area (Å²) in [6.07, 6.45) is 2.19. The Morgan fingerprint density at radius 1 is 1.35 bits per heavy atom. The first kappa shape index (κ1) is 14.6. The fourth-order valence-electron chi connectivity index (χ4n) is 2.19. The van der Waals surface area contributed by atoms with Gasteiger partial charge in [0.25, 0.3) is 0 Å². The number of nitrogens with two attached hydrogens (primary N) is 1. The van der Waals surface area contributed by atoms with E-state index in [4.69, 9.17) is 10.2 Å². The average molecular weight is 274 g/mol. The van der Waals surface area contributed by atoms with Crippen molar-refractivity contribution in [2.75, 3.05) is 0 Å². The highest BCUT2D eigenvalue weighted by Crippen LogP contribution is 2.23. The fraction of sp³-hybridized carbons (Fsp3) is 0.438. The molecule has 0 aliphatic heterocycles. The minimum atomic E-state index is -0.120. The summed E-state index contributed by atoms with van der Waals surface area (Å²) in [5.74, 6) is 0.824. The molecule has 0 aliphatic rings. The highest BCUT2D eigenvalue weighted by atomic mass is 16.3. The Morgan fingerprint density at radius 3 is 2.80 bits per heavy atom. The summed E-state index contributed by atoms with van der Waals surface area (Å²) in [6, 6.07) is 9.84. The molecule has 1 heterocycles. The summed E-state index contributed by atoms with van der Waals surface area (Å²) < 4.78 is 5.74. The molecule has 2 aromatic rings. The van der Waals surface area contributed by atoms with E-state index in [0.717, 1.165) is 29.6 Å². The van der Waals surface area contributed by atoms with Gasteiger partial charge in [-0.25, -0.2) is 0 Å². The second-order valence-electron chi connectivity index (χ2n) is 5.35. The third-order valence-electron chi connectivity index (χ3n) is 3.31. The van der Waals surface area contributed by atoms with Crippen LogP contribution in [0.4, 0.5) is 0 Å². The van der Waals surface area contributed by atoms with Crippen LogP contribution in [0, 0.1) is 0 Å². The lowest BCUT2D eigenvalue weighted by Gasteiger charge is -2.11. The van der Waals surface area contributed by atoms with Gasteiger partial charge in [0.05, 0.1) is 6.04 Å². The molecule has 20 heavy (non-hydrogen) atoms. The van der Waals surface area contributed by atoms with Gasteiger partial charge >= 0.3 is 0 Å². The molecule has 0 bridgehead atoms. The zero-order valence-corrected chi connectivity index (χ0v) is 12.1. The molecule has 3 N–H and O–H groups in total. The molecule has 1 aromatic carbocycles. The molecule has 2 rings (SSSR count). The Morgan fingerprint density at radius 2 is 2.10 bits per heavy atom. The Balaban J connectivity index is 1.90.